The Kier molecular flexibility index (Phi) is 5.84. The Labute approximate surface area is 122 Å². The van der Waals surface area contributed by atoms with Crippen LogP contribution >= 0.6 is 11.6 Å². The predicted molar refractivity (Wildman–Crippen MR) is 84.5 cm³/mol. The molecule has 0 bridgehead atoms. The smallest absolute Gasteiger partial charge is 0.0409 e. The Morgan fingerprint density at radius 1 is 1.32 bits per heavy atom. The average Bonchev–Trinajstić information content (AvgIpc) is 2.33. The zero-order valence-corrected chi connectivity index (χ0v) is 13.5. The van der Waals surface area contributed by atoms with Gasteiger partial charge in [0.1, 0.15) is 0 Å². The second-order valence-electron chi connectivity index (χ2n) is 6.47. The van der Waals surface area contributed by atoms with E-state index in [-0.39, 0.29) is 11.5 Å². The summed E-state index contributed by atoms with van der Waals surface area (Å²) >= 11 is 6.00. The number of hydrogen-bond donors (Lipinski definition) is 1. The summed E-state index contributed by atoms with van der Waals surface area (Å²) in [6, 6.07) is 8.42. The van der Waals surface area contributed by atoms with Crippen molar-refractivity contribution in [2.24, 2.45) is 11.1 Å². The Hall–Kier alpha value is -0.570. The minimum atomic E-state index is 0.0494. The molecule has 0 aliphatic heterocycles. The molecular weight excluding hydrogens is 256 g/mol. The Morgan fingerprint density at radius 3 is 2.47 bits per heavy atom. The van der Waals surface area contributed by atoms with Crippen molar-refractivity contribution in [3.63, 3.8) is 0 Å². The average molecular weight is 283 g/mol. The van der Waals surface area contributed by atoms with Crippen LogP contribution in [-0.2, 0) is 0 Å². The quantitative estimate of drug-likeness (QED) is 0.881. The molecule has 1 rings (SSSR count). The molecule has 2 nitrogen and oxygen atoms in total. The maximum atomic E-state index is 6.24. The molecule has 2 unspecified atom stereocenters. The lowest BCUT2D eigenvalue weighted by Crippen LogP contribution is -2.40. The highest BCUT2D eigenvalue weighted by atomic mass is 35.5. The van der Waals surface area contributed by atoms with E-state index in [2.05, 4.69) is 39.6 Å². The molecule has 0 fully saturated rings. The third kappa shape index (κ3) is 5.13. The minimum Gasteiger partial charge on any atom is -0.324 e. The molecule has 0 aliphatic carbocycles. The maximum absolute atomic E-state index is 6.24. The van der Waals surface area contributed by atoms with E-state index in [1.807, 2.05) is 24.3 Å². The molecule has 1 aromatic carbocycles. The SMILES string of the molecule is CC(N(C)CCC(N)c1cccc(Cl)c1)C(C)(C)C. The van der Waals surface area contributed by atoms with Crippen LogP contribution in [0.5, 0.6) is 0 Å². The van der Waals surface area contributed by atoms with Gasteiger partial charge >= 0.3 is 0 Å². The zero-order chi connectivity index (χ0) is 14.6. The molecule has 19 heavy (non-hydrogen) atoms. The number of nitrogens with zero attached hydrogens (tertiary/aromatic N) is 1. The van der Waals surface area contributed by atoms with Gasteiger partial charge in [-0.3, -0.25) is 0 Å². The van der Waals surface area contributed by atoms with Crippen LogP contribution < -0.4 is 5.73 Å². The van der Waals surface area contributed by atoms with Crippen LogP contribution in [0.3, 0.4) is 0 Å². The third-order valence-electron chi connectivity index (χ3n) is 3.98. The fraction of sp³-hybridized carbons (Fsp3) is 0.625. The molecule has 108 valence electrons. The van der Waals surface area contributed by atoms with Crippen molar-refractivity contribution in [2.45, 2.75) is 46.2 Å². The van der Waals surface area contributed by atoms with Gasteiger partial charge in [-0.2, -0.15) is 0 Å². The molecule has 0 radical (unpaired) electrons. The van der Waals surface area contributed by atoms with E-state index in [1.54, 1.807) is 0 Å². The maximum Gasteiger partial charge on any atom is 0.0409 e. The molecule has 1 aromatic rings. The molecule has 0 aliphatic rings. The largest absolute Gasteiger partial charge is 0.324 e. The highest BCUT2D eigenvalue weighted by Gasteiger charge is 2.23. The van der Waals surface area contributed by atoms with Crippen molar-refractivity contribution in [3.8, 4) is 0 Å². The molecule has 0 saturated heterocycles. The lowest BCUT2D eigenvalue weighted by molar-refractivity contribution is 0.137. The van der Waals surface area contributed by atoms with E-state index in [4.69, 9.17) is 17.3 Å². The van der Waals surface area contributed by atoms with Crippen LogP contribution in [0.1, 0.15) is 45.7 Å². The van der Waals surface area contributed by atoms with E-state index >= 15 is 0 Å². The summed E-state index contributed by atoms with van der Waals surface area (Å²) < 4.78 is 0. The first-order valence-electron chi connectivity index (χ1n) is 6.93. The Balaban J connectivity index is 2.53. The normalized spacial score (nSPS) is 15.6. The van der Waals surface area contributed by atoms with Gasteiger partial charge < -0.3 is 10.6 Å². The van der Waals surface area contributed by atoms with Crippen molar-refractivity contribution >= 4 is 11.6 Å². The van der Waals surface area contributed by atoms with Crippen LogP contribution in [0.2, 0.25) is 5.02 Å². The number of benzene rings is 1. The summed E-state index contributed by atoms with van der Waals surface area (Å²) in [5.74, 6) is 0. The second kappa shape index (κ2) is 6.74. The number of nitrogens with two attached hydrogens (primary N) is 1. The van der Waals surface area contributed by atoms with Gasteiger partial charge in [0.25, 0.3) is 0 Å². The lowest BCUT2D eigenvalue weighted by atomic mass is 9.87. The molecular formula is C16H27ClN2. The van der Waals surface area contributed by atoms with Crippen LogP contribution in [0.4, 0.5) is 0 Å². The zero-order valence-electron chi connectivity index (χ0n) is 12.8. The lowest BCUT2D eigenvalue weighted by Gasteiger charge is -2.35. The van der Waals surface area contributed by atoms with E-state index in [9.17, 15) is 0 Å². The van der Waals surface area contributed by atoms with Crippen LogP contribution in [-0.4, -0.2) is 24.5 Å². The molecule has 0 aromatic heterocycles. The number of hydrogen-bond acceptors (Lipinski definition) is 2. The van der Waals surface area contributed by atoms with Crippen molar-refractivity contribution in [3.05, 3.63) is 34.9 Å². The number of rotatable bonds is 5. The van der Waals surface area contributed by atoms with Gasteiger partial charge in [-0.25, -0.2) is 0 Å². The minimum absolute atomic E-state index is 0.0494. The molecule has 0 saturated carbocycles. The number of halogens is 1. The van der Waals surface area contributed by atoms with E-state index in [1.165, 1.54) is 0 Å². The monoisotopic (exact) mass is 282 g/mol. The summed E-state index contributed by atoms with van der Waals surface area (Å²) in [5.41, 5.74) is 7.64. The van der Waals surface area contributed by atoms with Crippen LogP contribution in [0, 0.1) is 5.41 Å². The van der Waals surface area contributed by atoms with Gasteiger partial charge in [-0.1, -0.05) is 44.5 Å². The van der Waals surface area contributed by atoms with Crippen molar-refractivity contribution < 1.29 is 0 Å². The first-order valence-corrected chi connectivity index (χ1v) is 7.31. The van der Waals surface area contributed by atoms with Crippen molar-refractivity contribution in [1.82, 2.24) is 4.90 Å². The van der Waals surface area contributed by atoms with Crippen molar-refractivity contribution in [1.29, 1.82) is 0 Å². The standard InChI is InChI=1S/C16H27ClN2/c1-12(16(2,3)4)19(5)10-9-15(18)13-7-6-8-14(17)11-13/h6-8,11-12,15H,9-10,18H2,1-5H3. The summed E-state index contributed by atoms with van der Waals surface area (Å²) in [7, 11) is 2.17. The molecule has 3 heteroatoms. The Bertz CT molecular complexity index is 398. The topological polar surface area (TPSA) is 29.3 Å². The highest BCUT2D eigenvalue weighted by molar-refractivity contribution is 6.30. The molecule has 0 amide bonds. The second-order valence-corrected chi connectivity index (χ2v) is 6.91. The van der Waals surface area contributed by atoms with Gasteiger partial charge in [0.15, 0.2) is 0 Å². The first-order chi connectivity index (χ1) is 8.71. The van der Waals surface area contributed by atoms with Gasteiger partial charge in [-0.05, 0) is 50.0 Å². The first kappa shape index (κ1) is 16.5. The van der Waals surface area contributed by atoms with Crippen LogP contribution in [0.15, 0.2) is 24.3 Å². The predicted octanol–water partition coefficient (Wildman–Crippen LogP) is 4.10. The molecule has 2 N–H and O–H groups in total. The molecule has 0 heterocycles. The third-order valence-corrected chi connectivity index (χ3v) is 4.22. The van der Waals surface area contributed by atoms with Gasteiger partial charge in [0, 0.05) is 17.1 Å². The highest BCUT2D eigenvalue weighted by Crippen LogP contribution is 2.24. The summed E-state index contributed by atoms with van der Waals surface area (Å²) in [4.78, 5) is 2.38. The summed E-state index contributed by atoms with van der Waals surface area (Å²) in [6.07, 6.45) is 0.942. The van der Waals surface area contributed by atoms with E-state index in [0.29, 0.717) is 6.04 Å². The van der Waals surface area contributed by atoms with E-state index in [0.717, 1.165) is 23.6 Å². The molecule has 0 spiro atoms. The summed E-state index contributed by atoms with van der Waals surface area (Å²) in [6.45, 7) is 10.1. The fourth-order valence-corrected chi connectivity index (χ4v) is 2.30. The molecule has 2 atom stereocenters. The summed E-state index contributed by atoms with van der Waals surface area (Å²) in [5, 5.41) is 0.754. The van der Waals surface area contributed by atoms with E-state index < -0.39 is 0 Å². The van der Waals surface area contributed by atoms with Gasteiger partial charge in [-0.15, -0.1) is 0 Å². The van der Waals surface area contributed by atoms with Crippen LogP contribution in [0.25, 0.3) is 0 Å². The Morgan fingerprint density at radius 2 is 1.95 bits per heavy atom. The van der Waals surface area contributed by atoms with Gasteiger partial charge in [0.2, 0.25) is 0 Å². The fourth-order valence-electron chi connectivity index (χ4n) is 2.10. The van der Waals surface area contributed by atoms with Crippen molar-refractivity contribution in [2.75, 3.05) is 13.6 Å². The van der Waals surface area contributed by atoms with Gasteiger partial charge in [0.05, 0.1) is 0 Å².